The van der Waals surface area contributed by atoms with Gasteiger partial charge in [-0.15, -0.1) is 0 Å². The molecular formula is C15H13N3O3. The number of nitrogen functional groups attached to an aromatic ring is 1. The van der Waals surface area contributed by atoms with Crippen molar-refractivity contribution in [3.8, 4) is 5.75 Å². The minimum atomic E-state index is -0.497. The monoisotopic (exact) mass is 283 g/mol. The molecule has 106 valence electrons. The number of nitrogens with two attached hydrogens (primary N) is 1. The molecule has 0 aliphatic heterocycles. The molecule has 0 radical (unpaired) electrons. The van der Waals surface area contributed by atoms with E-state index in [4.69, 9.17) is 5.73 Å². The molecule has 0 bridgehead atoms. The van der Waals surface area contributed by atoms with Crippen LogP contribution >= 0.6 is 0 Å². The lowest BCUT2D eigenvalue weighted by atomic mass is 10.2. The van der Waals surface area contributed by atoms with Crippen LogP contribution in [0, 0.1) is 10.1 Å². The molecule has 0 spiro atoms. The number of benzene rings is 2. The van der Waals surface area contributed by atoms with E-state index in [1.54, 1.807) is 12.1 Å². The zero-order chi connectivity index (χ0) is 15.2. The van der Waals surface area contributed by atoms with Crippen LogP contribution in [0.2, 0.25) is 0 Å². The lowest BCUT2D eigenvalue weighted by Crippen LogP contribution is -1.90. The van der Waals surface area contributed by atoms with Gasteiger partial charge in [-0.05, 0) is 30.3 Å². The summed E-state index contributed by atoms with van der Waals surface area (Å²) in [4.78, 5) is 14.0. The van der Waals surface area contributed by atoms with Gasteiger partial charge in [0.25, 0.3) is 5.69 Å². The molecule has 0 fully saturated rings. The second kappa shape index (κ2) is 6.33. The molecule has 0 saturated heterocycles. The zero-order valence-corrected chi connectivity index (χ0v) is 11.0. The first-order valence-corrected chi connectivity index (χ1v) is 6.11. The average Bonchev–Trinajstić information content (AvgIpc) is 2.49. The van der Waals surface area contributed by atoms with Gasteiger partial charge in [0.2, 0.25) is 0 Å². The first-order valence-electron chi connectivity index (χ1n) is 6.11. The minimum absolute atomic E-state index is 0.0498. The first-order chi connectivity index (χ1) is 10.1. The molecule has 6 nitrogen and oxygen atoms in total. The van der Waals surface area contributed by atoms with Crippen molar-refractivity contribution in [2.45, 2.75) is 0 Å². The van der Waals surface area contributed by atoms with E-state index in [1.165, 1.54) is 18.3 Å². The van der Waals surface area contributed by atoms with Crippen molar-refractivity contribution in [3.05, 3.63) is 70.9 Å². The normalized spacial score (nSPS) is 9.71. The third-order valence-electron chi connectivity index (χ3n) is 2.72. The SMILES string of the molecule is Nc1ccccc1.O=[N+]([O-])c1ccc(O)c2ncccc12. The fourth-order valence-electron chi connectivity index (χ4n) is 1.75. The number of fused-ring (bicyclic) bond motifs is 1. The van der Waals surface area contributed by atoms with Crippen LogP contribution in [0.4, 0.5) is 11.4 Å². The fourth-order valence-corrected chi connectivity index (χ4v) is 1.75. The Bertz CT molecular complexity index is 760. The number of hydrogen-bond acceptors (Lipinski definition) is 5. The van der Waals surface area contributed by atoms with Gasteiger partial charge in [-0.3, -0.25) is 15.1 Å². The predicted molar refractivity (Wildman–Crippen MR) is 80.9 cm³/mol. The number of nitro benzene ring substituents is 1. The van der Waals surface area contributed by atoms with E-state index in [0.29, 0.717) is 5.39 Å². The van der Waals surface area contributed by atoms with Crippen LogP contribution in [-0.2, 0) is 0 Å². The summed E-state index contributed by atoms with van der Waals surface area (Å²) in [7, 11) is 0. The standard InChI is InChI=1S/C9H6N2O3.C6H7N/c12-8-4-3-7(11(13)14)6-2-1-5-10-9(6)8;7-6-4-2-1-3-5-6/h1-5,12H;1-5H,7H2. The molecule has 2 aromatic carbocycles. The summed E-state index contributed by atoms with van der Waals surface area (Å²) in [5.74, 6) is -0.0498. The molecule has 0 atom stereocenters. The summed E-state index contributed by atoms with van der Waals surface area (Å²) in [6.07, 6.45) is 1.48. The molecule has 0 saturated carbocycles. The van der Waals surface area contributed by atoms with Gasteiger partial charge in [0.05, 0.1) is 10.3 Å². The summed E-state index contributed by atoms with van der Waals surface area (Å²) < 4.78 is 0. The summed E-state index contributed by atoms with van der Waals surface area (Å²) in [5, 5.41) is 20.4. The van der Waals surface area contributed by atoms with Gasteiger partial charge >= 0.3 is 0 Å². The molecule has 3 N–H and O–H groups in total. The Morgan fingerprint density at radius 3 is 2.33 bits per heavy atom. The number of rotatable bonds is 1. The molecule has 0 unspecified atom stereocenters. The van der Waals surface area contributed by atoms with Gasteiger partial charge in [0.1, 0.15) is 11.3 Å². The van der Waals surface area contributed by atoms with Crippen molar-refractivity contribution < 1.29 is 10.0 Å². The number of pyridine rings is 1. The van der Waals surface area contributed by atoms with Gasteiger partial charge < -0.3 is 10.8 Å². The Morgan fingerprint density at radius 2 is 1.76 bits per heavy atom. The maximum absolute atomic E-state index is 10.6. The Labute approximate surface area is 120 Å². The lowest BCUT2D eigenvalue weighted by molar-refractivity contribution is -0.383. The maximum atomic E-state index is 10.6. The highest BCUT2D eigenvalue weighted by Gasteiger charge is 2.13. The van der Waals surface area contributed by atoms with E-state index in [9.17, 15) is 15.2 Å². The Kier molecular flexibility index (Phi) is 4.30. The number of nitrogens with zero attached hydrogens (tertiary/aromatic N) is 2. The summed E-state index contributed by atoms with van der Waals surface area (Å²) in [6.45, 7) is 0. The Balaban J connectivity index is 0.000000194. The fraction of sp³-hybridized carbons (Fsp3) is 0. The van der Waals surface area contributed by atoms with E-state index in [-0.39, 0.29) is 17.0 Å². The second-order valence-corrected chi connectivity index (χ2v) is 4.17. The van der Waals surface area contributed by atoms with E-state index in [1.807, 2.05) is 30.3 Å². The maximum Gasteiger partial charge on any atom is 0.279 e. The molecule has 0 amide bonds. The molecule has 3 rings (SSSR count). The van der Waals surface area contributed by atoms with Crippen molar-refractivity contribution in [3.63, 3.8) is 0 Å². The van der Waals surface area contributed by atoms with Crippen molar-refractivity contribution in [1.82, 2.24) is 4.98 Å². The number of aromatic hydroxyl groups is 1. The van der Waals surface area contributed by atoms with Crippen LogP contribution in [0.25, 0.3) is 10.9 Å². The van der Waals surface area contributed by atoms with Gasteiger partial charge in [0, 0.05) is 18.0 Å². The third kappa shape index (κ3) is 3.44. The number of para-hydroxylation sites is 1. The van der Waals surface area contributed by atoms with Gasteiger partial charge in [-0.2, -0.15) is 0 Å². The largest absolute Gasteiger partial charge is 0.506 e. The number of hydrogen-bond donors (Lipinski definition) is 2. The second-order valence-electron chi connectivity index (χ2n) is 4.17. The van der Waals surface area contributed by atoms with Crippen molar-refractivity contribution in [1.29, 1.82) is 0 Å². The number of phenols is 1. The smallest absolute Gasteiger partial charge is 0.279 e. The number of non-ortho nitro benzene ring substituents is 1. The zero-order valence-electron chi connectivity index (χ0n) is 11.0. The van der Waals surface area contributed by atoms with Gasteiger partial charge in [-0.1, -0.05) is 18.2 Å². The van der Waals surface area contributed by atoms with Crippen LogP contribution in [0.15, 0.2) is 60.8 Å². The van der Waals surface area contributed by atoms with Crippen molar-refractivity contribution in [2.75, 3.05) is 5.73 Å². The highest BCUT2D eigenvalue weighted by atomic mass is 16.6. The quantitative estimate of drug-likeness (QED) is 0.406. The molecule has 21 heavy (non-hydrogen) atoms. The first kappa shape index (κ1) is 14.3. The average molecular weight is 283 g/mol. The van der Waals surface area contributed by atoms with E-state index in [0.717, 1.165) is 5.69 Å². The number of anilines is 1. The highest BCUT2D eigenvalue weighted by molar-refractivity contribution is 5.91. The number of phenolic OH excluding ortho intramolecular Hbond substituents is 1. The Hall–Kier alpha value is -3.15. The van der Waals surface area contributed by atoms with Crippen LogP contribution < -0.4 is 5.73 Å². The lowest BCUT2D eigenvalue weighted by Gasteiger charge is -1.99. The summed E-state index contributed by atoms with van der Waals surface area (Å²) in [5.41, 5.74) is 6.38. The van der Waals surface area contributed by atoms with Gasteiger partial charge in [-0.25, -0.2) is 0 Å². The molecular weight excluding hydrogens is 270 g/mol. The van der Waals surface area contributed by atoms with Crippen LogP contribution in [0.3, 0.4) is 0 Å². The summed E-state index contributed by atoms with van der Waals surface area (Å²) in [6, 6.07) is 15.2. The van der Waals surface area contributed by atoms with Gasteiger partial charge in [0.15, 0.2) is 0 Å². The molecule has 0 aliphatic carbocycles. The van der Waals surface area contributed by atoms with Crippen molar-refractivity contribution >= 4 is 22.3 Å². The molecule has 3 aromatic rings. The topological polar surface area (TPSA) is 102 Å². The van der Waals surface area contributed by atoms with Crippen LogP contribution in [-0.4, -0.2) is 15.0 Å². The van der Waals surface area contributed by atoms with Crippen LogP contribution in [0.5, 0.6) is 5.75 Å². The van der Waals surface area contributed by atoms with Crippen molar-refractivity contribution in [2.24, 2.45) is 0 Å². The van der Waals surface area contributed by atoms with E-state index >= 15 is 0 Å². The molecule has 1 aromatic heterocycles. The third-order valence-corrected chi connectivity index (χ3v) is 2.72. The Morgan fingerprint density at radius 1 is 1.05 bits per heavy atom. The molecule has 1 heterocycles. The summed E-state index contributed by atoms with van der Waals surface area (Å²) >= 11 is 0. The van der Waals surface area contributed by atoms with E-state index in [2.05, 4.69) is 4.98 Å². The number of nitro groups is 1. The highest BCUT2D eigenvalue weighted by Crippen LogP contribution is 2.29. The molecule has 6 heteroatoms. The van der Waals surface area contributed by atoms with E-state index < -0.39 is 4.92 Å². The molecule has 0 aliphatic rings. The van der Waals surface area contributed by atoms with Crippen LogP contribution in [0.1, 0.15) is 0 Å². The minimum Gasteiger partial charge on any atom is -0.506 e. The predicted octanol–water partition coefficient (Wildman–Crippen LogP) is 3.12. The number of aromatic nitrogens is 1.